The van der Waals surface area contributed by atoms with Gasteiger partial charge >= 0.3 is 0 Å². The average Bonchev–Trinajstić information content (AvgIpc) is 2.57. The summed E-state index contributed by atoms with van der Waals surface area (Å²) in [5, 5.41) is 16.6. The van der Waals surface area contributed by atoms with Crippen LogP contribution >= 0.6 is 11.6 Å². The molecule has 1 amide bonds. The molecule has 122 valence electrons. The smallest absolute Gasteiger partial charge is 0.224 e. The lowest BCUT2D eigenvalue weighted by molar-refractivity contribution is -0.120. The van der Waals surface area contributed by atoms with Crippen molar-refractivity contribution < 1.29 is 9.90 Å². The highest BCUT2D eigenvalue weighted by molar-refractivity contribution is 6.30. The number of hydrogen-bond donors (Lipinski definition) is 3. The Morgan fingerprint density at radius 1 is 1.04 bits per heavy atom. The second kappa shape index (κ2) is 9.30. The molecule has 4 nitrogen and oxygen atoms in total. The Hall–Kier alpha value is -1.88. The summed E-state index contributed by atoms with van der Waals surface area (Å²) in [6.45, 7) is 1.58. The van der Waals surface area contributed by atoms with Crippen molar-refractivity contribution in [2.45, 2.75) is 12.5 Å². The van der Waals surface area contributed by atoms with Crippen molar-refractivity contribution in [1.29, 1.82) is 0 Å². The van der Waals surface area contributed by atoms with Crippen LogP contribution in [0.1, 0.15) is 17.2 Å². The molecule has 0 aliphatic heterocycles. The number of carbonyl (C=O) groups excluding carboxylic acids is 1. The number of benzene rings is 2. The first-order valence-electron chi connectivity index (χ1n) is 7.60. The van der Waals surface area contributed by atoms with Crippen LogP contribution in [0, 0.1) is 0 Å². The molecule has 5 heteroatoms. The molecule has 1 unspecified atom stereocenters. The second-order valence-corrected chi connectivity index (χ2v) is 5.72. The fourth-order valence-corrected chi connectivity index (χ4v) is 2.30. The molecule has 2 rings (SSSR count). The third kappa shape index (κ3) is 6.40. The Morgan fingerprint density at radius 3 is 2.43 bits per heavy atom. The van der Waals surface area contributed by atoms with Crippen molar-refractivity contribution in [2.24, 2.45) is 0 Å². The molecular weight excluding hydrogens is 312 g/mol. The first-order chi connectivity index (χ1) is 11.1. The molecule has 0 aliphatic carbocycles. The third-order valence-corrected chi connectivity index (χ3v) is 3.68. The molecule has 0 spiro atoms. The highest BCUT2D eigenvalue weighted by Crippen LogP contribution is 2.10. The highest BCUT2D eigenvalue weighted by atomic mass is 35.5. The molecule has 0 bridgehead atoms. The summed E-state index contributed by atoms with van der Waals surface area (Å²) < 4.78 is 0. The topological polar surface area (TPSA) is 61.4 Å². The van der Waals surface area contributed by atoms with Gasteiger partial charge in [-0.05, 0) is 23.3 Å². The van der Waals surface area contributed by atoms with Crippen molar-refractivity contribution in [3.63, 3.8) is 0 Å². The van der Waals surface area contributed by atoms with Gasteiger partial charge in [-0.2, -0.15) is 0 Å². The number of aliphatic hydroxyl groups excluding tert-OH is 1. The second-order valence-electron chi connectivity index (χ2n) is 5.28. The van der Waals surface area contributed by atoms with Gasteiger partial charge in [0.15, 0.2) is 0 Å². The molecule has 3 N–H and O–H groups in total. The minimum atomic E-state index is -0.541. The number of halogens is 1. The van der Waals surface area contributed by atoms with Crippen LogP contribution in [-0.4, -0.2) is 30.6 Å². The van der Waals surface area contributed by atoms with Gasteiger partial charge in [-0.15, -0.1) is 0 Å². The number of aliphatic hydroxyl groups is 1. The van der Waals surface area contributed by atoms with E-state index in [4.69, 9.17) is 11.6 Å². The number of rotatable bonds is 8. The molecule has 1 atom stereocenters. The Morgan fingerprint density at radius 2 is 1.74 bits per heavy atom. The Bertz CT molecular complexity index is 602. The summed E-state index contributed by atoms with van der Waals surface area (Å²) in [6, 6.07) is 16.7. The summed E-state index contributed by atoms with van der Waals surface area (Å²) >= 11 is 5.81. The zero-order valence-corrected chi connectivity index (χ0v) is 13.6. The van der Waals surface area contributed by atoms with Gasteiger partial charge in [-0.1, -0.05) is 54.1 Å². The van der Waals surface area contributed by atoms with Crippen LogP contribution in [0.15, 0.2) is 54.6 Å². The standard InChI is InChI=1S/C18H21ClN2O2/c19-16-8-6-14(7-9-16)12-18(23)21-11-10-20-13-17(22)15-4-2-1-3-5-15/h1-9,17,20,22H,10-13H2,(H,21,23). The average molecular weight is 333 g/mol. The van der Waals surface area contributed by atoms with Crippen molar-refractivity contribution >= 4 is 17.5 Å². The Balaban J connectivity index is 1.60. The van der Waals surface area contributed by atoms with Crippen molar-refractivity contribution in [3.8, 4) is 0 Å². The normalized spacial score (nSPS) is 11.9. The van der Waals surface area contributed by atoms with Crippen molar-refractivity contribution in [2.75, 3.05) is 19.6 Å². The summed E-state index contributed by atoms with van der Waals surface area (Å²) in [6.07, 6.45) is -0.204. The molecule has 0 aliphatic rings. The molecule has 2 aromatic rings. The molecule has 0 fully saturated rings. The molecule has 0 heterocycles. The largest absolute Gasteiger partial charge is 0.387 e. The highest BCUT2D eigenvalue weighted by Gasteiger charge is 2.06. The van der Waals surface area contributed by atoms with Gasteiger partial charge in [0.25, 0.3) is 0 Å². The van der Waals surface area contributed by atoms with Crippen molar-refractivity contribution in [1.82, 2.24) is 10.6 Å². The van der Waals surface area contributed by atoms with E-state index in [1.807, 2.05) is 42.5 Å². The lowest BCUT2D eigenvalue weighted by Gasteiger charge is -2.12. The van der Waals surface area contributed by atoms with Gasteiger partial charge < -0.3 is 15.7 Å². The minimum absolute atomic E-state index is 0.0299. The molecule has 0 saturated carbocycles. The lowest BCUT2D eigenvalue weighted by Crippen LogP contribution is -2.34. The van der Waals surface area contributed by atoms with Crippen molar-refractivity contribution in [3.05, 3.63) is 70.7 Å². The van der Waals surface area contributed by atoms with Crippen LogP contribution in [-0.2, 0) is 11.2 Å². The van der Waals surface area contributed by atoms with E-state index in [1.54, 1.807) is 12.1 Å². The Labute approximate surface area is 141 Å². The summed E-state index contributed by atoms with van der Waals surface area (Å²) in [5.41, 5.74) is 1.81. The number of amides is 1. The number of hydrogen-bond acceptors (Lipinski definition) is 3. The van der Waals surface area contributed by atoms with E-state index < -0.39 is 6.10 Å². The van der Waals surface area contributed by atoms with E-state index in [9.17, 15) is 9.90 Å². The van der Waals surface area contributed by atoms with Crippen LogP contribution in [0.4, 0.5) is 0 Å². The van der Waals surface area contributed by atoms with Crippen LogP contribution in [0.2, 0.25) is 5.02 Å². The van der Waals surface area contributed by atoms with E-state index in [1.165, 1.54) is 0 Å². The van der Waals surface area contributed by atoms with E-state index >= 15 is 0 Å². The maximum absolute atomic E-state index is 11.8. The summed E-state index contributed by atoms with van der Waals surface area (Å²) in [7, 11) is 0. The van der Waals surface area contributed by atoms with Crippen LogP contribution in [0.3, 0.4) is 0 Å². The van der Waals surface area contributed by atoms with Gasteiger partial charge in [0.1, 0.15) is 0 Å². The van der Waals surface area contributed by atoms with Gasteiger partial charge in [0, 0.05) is 24.7 Å². The first-order valence-corrected chi connectivity index (χ1v) is 7.98. The molecule has 0 saturated heterocycles. The fraction of sp³-hybridized carbons (Fsp3) is 0.278. The molecule has 0 radical (unpaired) electrons. The maximum atomic E-state index is 11.8. The minimum Gasteiger partial charge on any atom is -0.387 e. The SMILES string of the molecule is O=C(Cc1ccc(Cl)cc1)NCCNCC(O)c1ccccc1. The van der Waals surface area contributed by atoms with E-state index in [2.05, 4.69) is 10.6 Å². The first kappa shape index (κ1) is 17.5. The van der Waals surface area contributed by atoms with E-state index in [-0.39, 0.29) is 5.91 Å². The predicted octanol–water partition coefficient (Wildman–Crippen LogP) is 2.32. The van der Waals surface area contributed by atoms with Crippen LogP contribution < -0.4 is 10.6 Å². The van der Waals surface area contributed by atoms with Gasteiger partial charge in [0.05, 0.1) is 12.5 Å². The van der Waals surface area contributed by atoms with Gasteiger partial charge in [0.2, 0.25) is 5.91 Å². The Kier molecular flexibility index (Phi) is 7.07. The predicted molar refractivity (Wildman–Crippen MR) is 92.4 cm³/mol. The molecule has 2 aromatic carbocycles. The summed E-state index contributed by atoms with van der Waals surface area (Å²) in [4.78, 5) is 11.8. The van der Waals surface area contributed by atoms with E-state index in [0.717, 1.165) is 11.1 Å². The lowest BCUT2D eigenvalue weighted by atomic mass is 10.1. The summed E-state index contributed by atoms with van der Waals surface area (Å²) in [5.74, 6) is -0.0299. The van der Waals surface area contributed by atoms with E-state index in [0.29, 0.717) is 31.1 Å². The molecule has 0 aromatic heterocycles. The molecular formula is C18H21ClN2O2. The zero-order chi connectivity index (χ0) is 16.5. The van der Waals surface area contributed by atoms with Crippen LogP contribution in [0.5, 0.6) is 0 Å². The fourth-order valence-electron chi connectivity index (χ4n) is 2.17. The van der Waals surface area contributed by atoms with Gasteiger partial charge in [-0.25, -0.2) is 0 Å². The number of nitrogens with one attached hydrogen (secondary N) is 2. The third-order valence-electron chi connectivity index (χ3n) is 3.42. The van der Waals surface area contributed by atoms with Gasteiger partial charge in [-0.3, -0.25) is 4.79 Å². The molecule has 23 heavy (non-hydrogen) atoms. The quantitative estimate of drug-likeness (QED) is 0.650. The monoisotopic (exact) mass is 332 g/mol. The zero-order valence-electron chi connectivity index (χ0n) is 12.8. The van der Waals surface area contributed by atoms with Crippen LogP contribution in [0.25, 0.3) is 0 Å². The number of carbonyl (C=O) groups is 1. The maximum Gasteiger partial charge on any atom is 0.224 e.